The predicted molar refractivity (Wildman–Crippen MR) is 87.0 cm³/mol. The number of aliphatic hydroxyl groups is 1. The van der Waals surface area contributed by atoms with Crippen LogP contribution in [0.25, 0.3) is 0 Å². The summed E-state index contributed by atoms with van der Waals surface area (Å²) in [6, 6.07) is 16.1. The third kappa shape index (κ3) is 3.99. The molecule has 0 aliphatic carbocycles. The van der Waals surface area contributed by atoms with E-state index in [0.717, 1.165) is 17.0 Å². The second-order valence-electron chi connectivity index (χ2n) is 5.70. The molecule has 0 saturated carbocycles. The van der Waals surface area contributed by atoms with Gasteiger partial charge < -0.3 is 15.2 Å². The Balaban J connectivity index is 2.18. The lowest BCUT2D eigenvalue weighted by atomic mass is 9.92. The molecule has 0 aliphatic rings. The molecule has 2 aromatic carbocycles. The Morgan fingerprint density at radius 3 is 2.38 bits per heavy atom. The van der Waals surface area contributed by atoms with Gasteiger partial charge in [-0.05, 0) is 37.6 Å². The van der Waals surface area contributed by atoms with Crippen LogP contribution in [0.15, 0.2) is 48.5 Å². The van der Waals surface area contributed by atoms with Crippen molar-refractivity contribution in [1.82, 2.24) is 0 Å². The highest BCUT2D eigenvalue weighted by molar-refractivity contribution is 5.47. The largest absolute Gasteiger partial charge is 0.496 e. The second-order valence-corrected chi connectivity index (χ2v) is 5.70. The normalized spacial score (nSPS) is 13.5. The summed E-state index contributed by atoms with van der Waals surface area (Å²) in [6.07, 6.45) is 0.682. The summed E-state index contributed by atoms with van der Waals surface area (Å²) >= 11 is 0. The van der Waals surface area contributed by atoms with Gasteiger partial charge >= 0.3 is 0 Å². The highest BCUT2D eigenvalue weighted by atomic mass is 16.5. The first-order valence-electron chi connectivity index (χ1n) is 7.14. The van der Waals surface area contributed by atoms with Crippen LogP contribution in [0.2, 0.25) is 0 Å². The van der Waals surface area contributed by atoms with Gasteiger partial charge in [-0.25, -0.2) is 0 Å². The van der Waals surface area contributed by atoms with Crippen LogP contribution in [0, 0.1) is 6.92 Å². The number of nitrogens with one attached hydrogen (secondary N) is 1. The average Bonchev–Trinajstić information content (AvgIpc) is 2.50. The lowest BCUT2D eigenvalue weighted by molar-refractivity contribution is 0.221. The Bertz CT molecular complexity index is 580. The number of hydrogen-bond donors (Lipinski definition) is 2. The van der Waals surface area contributed by atoms with Gasteiger partial charge in [-0.3, -0.25) is 0 Å². The summed E-state index contributed by atoms with van der Waals surface area (Å²) in [5.41, 5.74) is 2.86. The number of anilines is 1. The van der Waals surface area contributed by atoms with Crippen molar-refractivity contribution in [3.8, 4) is 5.75 Å². The van der Waals surface area contributed by atoms with Crippen molar-refractivity contribution >= 4 is 5.69 Å². The minimum absolute atomic E-state index is 0.0406. The summed E-state index contributed by atoms with van der Waals surface area (Å²) in [7, 11) is 1.67. The number of para-hydroxylation sites is 1. The molecule has 1 atom stereocenters. The average molecular weight is 285 g/mol. The maximum Gasteiger partial charge on any atom is 0.122 e. The lowest BCUT2D eigenvalue weighted by Gasteiger charge is -2.30. The lowest BCUT2D eigenvalue weighted by Crippen LogP contribution is -2.41. The molecule has 0 amide bonds. The third-order valence-corrected chi connectivity index (χ3v) is 3.62. The van der Waals surface area contributed by atoms with Crippen molar-refractivity contribution < 1.29 is 9.84 Å². The number of aliphatic hydroxyl groups excluding tert-OH is 1. The van der Waals surface area contributed by atoms with E-state index >= 15 is 0 Å². The molecule has 1 unspecified atom stereocenters. The minimum atomic E-state index is -0.441. The number of methoxy groups -OCH3 is 1. The van der Waals surface area contributed by atoms with Gasteiger partial charge in [0.15, 0.2) is 0 Å². The van der Waals surface area contributed by atoms with Gasteiger partial charge in [-0.2, -0.15) is 0 Å². The summed E-state index contributed by atoms with van der Waals surface area (Å²) in [5, 5.41) is 13.2. The molecule has 112 valence electrons. The maximum atomic E-state index is 9.82. The molecule has 3 nitrogen and oxygen atoms in total. The quantitative estimate of drug-likeness (QED) is 0.854. The van der Waals surface area contributed by atoms with Crippen molar-refractivity contribution in [2.75, 3.05) is 19.0 Å². The molecule has 0 heterocycles. The van der Waals surface area contributed by atoms with E-state index in [9.17, 15) is 5.11 Å². The van der Waals surface area contributed by atoms with E-state index in [2.05, 4.69) is 24.4 Å². The van der Waals surface area contributed by atoms with Crippen LogP contribution in [0.3, 0.4) is 0 Å². The Kier molecular flexibility index (Phi) is 4.86. The van der Waals surface area contributed by atoms with Crippen molar-refractivity contribution in [2.45, 2.75) is 25.8 Å². The number of hydrogen-bond acceptors (Lipinski definition) is 3. The smallest absolute Gasteiger partial charge is 0.122 e. The van der Waals surface area contributed by atoms with E-state index in [-0.39, 0.29) is 6.61 Å². The van der Waals surface area contributed by atoms with E-state index in [1.165, 1.54) is 5.56 Å². The Morgan fingerprint density at radius 2 is 1.76 bits per heavy atom. The topological polar surface area (TPSA) is 41.5 Å². The zero-order valence-electron chi connectivity index (χ0n) is 12.9. The molecule has 2 N–H and O–H groups in total. The Hall–Kier alpha value is -2.00. The molecule has 0 fully saturated rings. The first-order valence-corrected chi connectivity index (χ1v) is 7.14. The maximum absolute atomic E-state index is 9.82. The van der Waals surface area contributed by atoms with Gasteiger partial charge in [0.1, 0.15) is 5.75 Å². The fraction of sp³-hybridized carbons (Fsp3) is 0.333. The van der Waals surface area contributed by atoms with Gasteiger partial charge in [-0.1, -0.05) is 35.9 Å². The summed E-state index contributed by atoms with van der Waals surface area (Å²) in [4.78, 5) is 0. The monoisotopic (exact) mass is 285 g/mol. The van der Waals surface area contributed by atoms with E-state index in [1.807, 2.05) is 43.3 Å². The number of aryl methyl sites for hydroxylation is 1. The molecular formula is C18H23NO2. The Labute approximate surface area is 126 Å². The van der Waals surface area contributed by atoms with Crippen molar-refractivity contribution in [1.29, 1.82) is 0 Å². The molecule has 21 heavy (non-hydrogen) atoms. The fourth-order valence-electron chi connectivity index (χ4n) is 2.39. The van der Waals surface area contributed by atoms with Crippen molar-refractivity contribution in [3.63, 3.8) is 0 Å². The molecule has 0 bridgehead atoms. The van der Waals surface area contributed by atoms with E-state index in [1.54, 1.807) is 7.11 Å². The molecule has 0 aromatic heterocycles. The first-order chi connectivity index (χ1) is 10.1. The molecule has 0 aliphatic heterocycles. The second kappa shape index (κ2) is 6.64. The predicted octanol–water partition coefficient (Wildman–Crippen LogP) is 3.41. The van der Waals surface area contributed by atoms with Gasteiger partial charge in [0.25, 0.3) is 0 Å². The van der Waals surface area contributed by atoms with Crippen LogP contribution in [0.4, 0.5) is 5.69 Å². The van der Waals surface area contributed by atoms with Gasteiger partial charge in [0.2, 0.25) is 0 Å². The Morgan fingerprint density at radius 1 is 1.10 bits per heavy atom. The number of benzene rings is 2. The van der Waals surface area contributed by atoms with E-state index in [0.29, 0.717) is 6.42 Å². The zero-order chi connectivity index (χ0) is 15.3. The van der Waals surface area contributed by atoms with Crippen LogP contribution in [0.5, 0.6) is 5.75 Å². The molecule has 3 heteroatoms. The van der Waals surface area contributed by atoms with Gasteiger partial charge in [0, 0.05) is 12.1 Å². The molecule has 2 aromatic rings. The van der Waals surface area contributed by atoms with Crippen LogP contribution >= 0.6 is 0 Å². The standard InChI is InChI=1S/C18H23NO2/c1-14-8-10-16(11-9-14)19-18(2,13-20)12-15-6-4-5-7-17(15)21-3/h4-11,19-20H,12-13H2,1-3H3. The van der Waals surface area contributed by atoms with Crippen molar-refractivity contribution in [2.24, 2.45) is 0 Å². The number of ether oxygens (including phenoxy) is 1. The molecular weight excluding hydrogens is 262 g/mol. The zero-order valence-corrected chi connectivity index (χ0v) is 12.9. The van der Waals surface area contributed by atoms with Crippen LogP contribution in [-0.4, -0.2) is 24.4 Å². The summed E-state index contributed by atoms with van der Waals surface area (Å²) in [6.45, 7) is 4.11. The minimum Gasteiger partial charge on any atom is -0.496 e. The van der Waals surface area contributed by atoms with E-state index < -0.39 is 5.54 Å². The summed E-state index contributed by atoms with van der Waals surface area (Å²) < 4.78 is 5.39. The third-order valence-electron chi connectivity index (χ3n) is 3.62. The molecule has 2 rings (SSSR count). The first kappa shape index (κ1) is 15.4. The van der Waals surface area contributed by atoms with Gasteiger partial charge in [0.05, 0.1) is 19.3 Å². The summed E-state index contributed by atoms with van der Waals surface area (Å²) in [5.74, 6) is 0.850. The van der Waals surface area contributed by atoms with E-state index in [4.69, 9.17) is 4.74 Å². The van der Waals surface area contributed by atoms with Crippen molar-refractivity contribution in [3.05, 3.63) is 59.7 Å². The van der Waals surface area contributed by atoms with Crippen LogP contribution in [0.1, 0.15) is 18.1 Å². The van der Waals surface area contributed by atoms with Crippen LogP contribution in [-0.2, 0) is 6.42 Å². The highest BCUT2D eigenvalue weighted by Crippen LogP contribution is 2.25. The van der Waals surface area contributed by atoms with Crippen LogP contribution < -0.4 is 10.1 Å². The number of rotatable bonds is 6. The highest BCUT2D eigenvalue weighted by Gasteiger charge is 2.25. The van der Waals surface area contributed by atoms with Gasteiger partial charge in [-0.15, -0.1) is 0 Å². The molecule has 0 spiro atoms. The SMILES string of the molecule is COc1ccccc1CC(C)(CO)Nc1ccc(C)cc1. The molecule has 0 saturated heterocycles. The fourth-order valence-corrected chi connectivity index (χ4v) is 2.39. The molecule has 0 radical (unpaired) electrons.